The highest BCUT2D eigenvalue weighted by atomic mass is 35.5. The number of aryl methyl sites for hydroxylation is 1. The molecule has 0 bridgehead atoms. The molecule has 106 valence electrons. The van der Waals surface area contributed by atoms with E-state index in [-0.39, 0.29) is 27.9 Å². The zero-order valence-electron chi connectivity index (χ0n) is 11.1. The third-order valence-corrected chi connectivity index (χ3v) is 3.09. The van der Waals surface area contributed by atoms with Crippen molar-refractivity contribution in [3.05, 3.63) is 50.2 Å². The third-order valence-electron chi connectivity index (χ3n) is 2.86. The van der Waals surface area contributed by atoms with Gasteiger partial charge in [0.25, 0.3) is 5.88 Å². The van der Waals surface area contributed by atoms with Crippen molar-refractivity contribution < 1.29 is 9.66 Å². The molecule has 21 heavy (non-hydrogen) atoms. The summed E-state index contributed by atoms with van der Waals surface area (Å²) in [5, 5.41) is 28.1. The summed E-state index contributed by atoms with van der Waals surface area (Å²) in [6.07, 6.45) is 0. The van der Waals surface area contributed by atoms with Crippen molar-refractivity contribution in [2.45, 2.75) is 13.8 Å². The Bertz CT molecular complexity index is 771. The summed E-state index contributed by atoms with van der Waals surface area (Å²) in [6, 6.07) is 5.85. The van der Waals surface area contributed by atoms with Crippen LogP contribution < -0.4 is 4.74 Å². The van der Waals surface area contributed by atoms with E-state index in [9.17, 15) is 15.4 Å². The van der Waals surface area contributed by atoms with Gasteiger partial charge in [-0.2, -0.15) is 10.4 Å². The van der Waals surface area contributed by atoms with Crippen LogP contribution in [0.1, 0.15) is 16.8 Å². The molecule has 0 unspecified atom stereocenters. The highest BCUT2D eigenvalue weighted by Gasteiger charge is 2.20. The zero-order chi connectivity index (χ0) is 15.6. The first-order chi connectivity index (χ1) is 9.93. The minimum atomic E-state index is -0.605. The van der Waals surface area contributed by atoms with E-state index in [4.69, 9.17) is 16.3 Å². The van der Waals surface area contributed by atoms with E-state index in [0.29, 0.717) is 11.3 Å². The van der Waals surface area contributed by atoms with Crippen molar-refractivity contribution in [1.29, 1.82) is 5.26 Å². The molecule has 0 fully saturated rings. The van der Waals surface area contributed by atoms with Gasteiger partial charge in [0.2, 0.25) is 5.75 Å². The minimum absolute atomic E-state index is 0.0917. The van der Waals surface area contributed by atoms with Gasteiger partial charge in [-0.05, 0) is 25.5 Å². The van der Waals surface area contributed by atoms with Crippen LogP contribution in [0, 0.1) is 35.3 Å². The monoisotopic (exact) mass is 304 g/mol. The van der Waals surface area contributed by atoms with Crippen molar-refractivity contribution in [3.63, 3.8) is 0 Å². The van der Waals surface area contributed by atoms with Crippen LogP contribution in [-0.4, -0.2) is 15.1 Å². The van der Waals surface area contributed by atoms with E-state index in [1.165, 1.54) is 18.2 Å². The molecule has 0 radical (unpaired) electrons. The second-order valence-corrected chi connectivity index (χ2v) is 4.61. The first kappa shape index (κ1) is 14.7. The smallest absolute Gasteiger partial charge is 0.311 e. The summed E-state index contributed by atoms with van der Waals surface area (Å²) >= 11 is 5.81. The largest absolute Gasteiger partial charge is 0.429 e. The molecule has 8 heteroatoms. The fourth-order valence-corrected chi connectivity index (χ4v) is 1.78. The molecular formula is C13H9ClN4O3. The molecular weight excluding hydrogens is 296 g/mol. The minimum Gasteiger partial charge on any atom is -0.429 e. The normalized spacial score (nSPS) is 10.0. The SMILES string of the molecule is Cc1nnc(Oc2cc(Cl)ccc2[N+](=O)[O-])c(C#N)c1C. The van der Waals surface area contributed by atoms with Crippen LogP contribution in [0.3, 0.4) is 0 Å². The van der Waals surface area contributed by atoms with Crippen molar-refractivity contribution in [2.24, 2.45) is 0 Å². The summed E-state index contributed by atoms with van der Waals surface area (Å²) in [4.78, 5) is 10.4. The summed E-state index contributed by atoms with van der Waals surface area (Å²) in [5.74, 6) is -0.187. The fourth-order valence-electron chi connectivity index (χ4n) is 1.61. The number of nitrogens with zero attached hydrogens (tertiary/aromatic N) is 4. The molecule has 0 aliphatic carbocycles. The van der Waals surface area contributed by atoms with Gasteiger partial charge >= 0.3 is 5.69 Å². The van der Waals surface area contributed by atoms with Crippen LogP contribution >= 0.6 is 11.6 Å². The quantitative estimate of drug-likeness (QED) is 0.636. The molecule has 1 aromatic heterocycles. The molecule has 1 aromatic carbocycles. The lowest BCUT2D eigenvalue weighted by Gasteiger charge is -2.09. The van der Waals surface area contributed by atoms with Gasteiger partial charge in [0.1, 0.15) is 11.6 Å². The lowest BCUT2D eigenvalue weighted by atomic mass is 10.1. The average molecular weight is 305 g/mol. The van der Waals surface area contributed by atoms with Crippen LogP contribution in [0.5, 0.6) is 11.6 Å². The second kappa shape index (κ2) is 5.73. The molecule has 1 heterocycles. The van der Waals surface area contributed by atoms with Crippen molar-refractivity contribution in [3.8, 4) is 17.7 Å². The topological polar surface area (TPSA) is 102 Å². The molecule has 0 spiro atoms. The number of rotatable bonds is 3. The van der Waals surface area contributed by atoms with Crippen LogP contribution in [0.2, 0.25) is 5.02 Å². The molecule has 0 aliphatic heterocycles. The Kier molecular flexibility index (Phi) is 4.00. The lowest BCUT2D eigenvalue weighted by Crippen LogP contribution is -2.02. The van der Waals surface area contributed by atoms with Crippen molar-refractivity contribution >= 4 is 17.3 Å². The third kappa shape index (κ3) is 2.90. The Labute approximate surface area is 124 Å². The van der Waals surface area contributed by atoms with Gasteiger partial charge < -0.3 is 4.74 Å². The number of nitro benzene ring substituents is 1. The molecule has 0 atom stereocenters. The Morgan fingerprint density at radius 1 is 1.38 bits per heavy atom. The molecule has 0 N–H and O–H groups in total. The van der Waals surface area contributed by atoms with Crippen LogP contribution in [0.15, 0.2) is 18.2 Å². The van der Waals surface area contributed by atoms with Gasteiger partial charge in [-0.25, -0.2) is 0 Å². The van der Waals surface area contributed by atoms with Gasteiger partial charge in [-0.1, -0.05) is 11.6 Å². The van der Waals surface area contributed by atoms with Crippen LogP contribution in [0.25, 0.3) is 0 Å². The Hall–Kier alpha value is -2.72. The number of aromatic nitrogens is 2. The molecule has 0 saturated carbocycles. The fraction of sp³-hybridized carbons (Fsp3) is 0.154. The molecule has 2 aromatic rings. The molecule has 7 nitrogen and oxygen atoms in total. The van der Waals surface area contributed by atoms with E-state index >= 15 is 0 Å². The van der Waals surface area contributed by atoms with Gasteiger partial charge in [0, 0.05) is 17.2 Å². The van der Waals surface area contributed by atoms with E-state index in [0.717, 1.165) is 0 Å². The van der Waals surface area contributed by atoms with Gasteiger partial charge in [0.05, 0.1) is 10.6 Å². The number of benzene rings is 1. The van der Waals surface area contributed by atoms with E-state index < -0.39 is 4.92 Å². The predicted molar refractivity (Wildman–Crippen MR) is 74.4 cm³/mol. The number of hydrogen-bond donors (Lipinski definition) is 0. The maximum Gasteiger partial charge on any atom is 0.311 e. The first-order valence-electron chi connectivity index (χ1n) is 5.79. The molecule has 0 aliphatic rings. The summed E-state index contributed by atoms with van der Waals surface area (Å²) < 4.78 is 5.39. The van der Waals surface area contributed by atoms with E-state index in [1.54, 1.807) is 13.8 Å². The lowest BCUT2D eigenvalue weighted by molar-refractivity contribution is -0.385. The van der Waals surface area contributed by atoms with Gasteiger partial charge in [-0.15, -0.1) is 5.10 Å². The number of nitro groups is 1. The number of hydrogen-bond acceptors (Lipinski definition) is 6. The molecule has 0 saturated heterocycles. The number of nitriles is 1. The average Bonchev–Trinajstić information content (AvgIpc) is 2.43. The standard InChI is InChI=1S/C13H9ClN4O3/c1-7-8(2)16-17-13(10(7)6-15)21-12-5-9(14)3-4-11(12)18(19)20/h3-5H,1-2H3. The maximum absolute atomic E-state index is 11.0. The van der Waals surface area contributed by atoms with Crippen LogP contribution in [0.4, 0.5) is 5.69 Å². The van der Waals surface area contributed by atoms with E-state index in [2.05, 4.69) is 10.2 Å². The van der Waals surface area contributed by atoms with Crippen molar-refractivity contribution in [2.75, 3.05) is 0 Å². The number of halogens is 1. The first-order valence-corrected chi connectivity index (χ1v) is 6.17. The Morgan fingerprint density at radius 3 is 2.71 bits per heavy atom. The molecule has 2 rings (SSSR count). The Morgan fingerprint density at radius 2 is 2.10 bits per heavy atom. The summed E-state index contributed by atoms with van der Waals surface area (Å²) in [6.45, 7) is 3.40. The highest BCUT2D eigenvalue weighted by molar-refractivity contribution is 6.30. The van der Waals surface area contributed by atoms with Crippen molar-refractivity contribution in [1.82, 2.24) is 10.2 Å². The van der Waals surface area contributed by atoms with Crippen LogP contribution in [-0.2, 0) is 0 Å². The highest BCUT2D eigenvalue weighted by Crippen LogP contribution is 2.34. The Balaban J connectivity index is 2.53. The number of ether oxygens (including phenoxy) is 1. The predicted octanol–water partition coefficient (Wildman–Crippen LogP) is 3.32. The summed E-state index contributed by atoms with van der Waals surface area (Å²) in [5.41, 5.74) is 1.09. The second-order valence-electron chi connectivity index (χ2n) is 4.17. The van der Waals surface area contributed by atoms with E-state index in [1.807, 2.05) is 6.07 Å². The molecule has 0 amide bonds. The summed E-state index contributed by atoms with van der Waals surface area (Å²) in [7, 11) is 0. The van der Waals surface area contributed by atoms with Gasteiger partial charge in [-0.3, -0.25) is 10.1 Å². The zero-order valence-corrected chi connectivity index (χ0v) is 11.9. The maximum atomic E-state index is 11.0. The van der Waals surface area contributed by atoms with Gasteiger partial charge in [0.15, 0.2) is 0 Å².